The van der Waals surface area contributed by atoms with Gasteiger partial charge in [-0.1, -0.05) is 18.2 Å². The van der Waals surface area contributed by atoms with Gasteiger partial charge >= 0.3 is 0 Å². The van der Waals surface area contributed by atoms with Gasteiger partial charge in [-0.3, -0.25) is 4.79 Å². The lowest BCUT2D eigenvalue weighted by Gasteiger charge is -2.03. The summed E-state index contributed by atoms with van der Waals surface area (Å²) in [6, 6.07) is 9.05. The third-order valence-corrected chi connectivity index (χ3v) is 2.20. The summed E-state index contributed by atoms with van der Waals surface area (Å²) in [4.78, 5) is 10.7. The monoisotopic (exact) mass is 214 g/mol. The van der Waals surface area contributed by atoms with Crippen LogP contribution in [0.3, 0.4) is 0 Å². The molecule has 80 valence electrons. The predicted octanol–water partition coefficient (Wildman–Crippen LogP) is 1.96. The molecule has 0 aliphatic rings. The van der Waals surface area contributed by atoms with Gasteiger partial charge in [-0.25, -0.2) is 0 Å². The zero-order valence-electron chi connectivity index (χ0n) is 8.75. The van der Waals surface area contributed by atoms with E-state index in [9.17, 15) is 4.79 Å². The topological polar surface area (TPSA) is 52.1 Å². The van der Waals surface area contributed by atoms with Gasteiger partial charge < -0.3 is 4.74 Å². The van der Waals surface area contributed by atoms with Crippen LogP contribution in [0.1, 0.15) is 10.4 Å². The van der Waals surface area contributed by atoms with Crippen molar-refractivity contribution in [3.05, 3.63) is 42.1 Å². The molecule has 0 saturated carbocycles. The fraction of sp³-hybridized carbons (Fsp3) is 0.0833. The smallest absolute Gasteiger partial charge is 0.233 e. The maximum Gasteiger partial charge on any atom is 0.233 e. The Labute approximate surface area is 92.9 Å². The van der Waals surface area contributed by atoms with Gasteiger partial charge in [0.05, 0.1) is 13.3 Å². The Morgan fingerprint density at radius 3 is 2.88 bits per heavy atom. The molecule has 0 radical (unpaired) electrons. The van der Waals surface area contributed by atoms with E-state index in [1.807, 2.05) is 12.1 Å². The van der Waals surface area contributed by atoms with Crippen LogP contribution in [0, 0.1) is 0 Å². The third-order valence-electron chi connectivity index (χ3n) is 2.20. The highest BCUT2D eigenvalue weighted by atomic mass is 16.5. The minimum absolute atomic E-state index is 0.453. The highest BCUT2D eigenvalue weighted by Crippen LogP contribution is 2.21. The van der Waals surface area contributed by atoms with Crippen molar-refractivity contribution in [1.82, 2.24) is 10.2 Å². The SMILES string of the molecule is COc1cc(-c2cccc(C=O)c2)cnn1. The van der Waals surface area contributed by atoms with Crippen molar-refractivity contribution in [3.8, 4) is 17.0 Å². The molecule has 0 N–H and O–H groups in total. The maximum atomic E-state index is 10.7. The second-order valence-corrected chi connectivity index (χ2v) is 3.23. The molecule has 4 nitrogen and oxygen atoms in total. The molecule has 0 unspecified atom stereocenters. The van der Waals surface area contributed by atoms with Gasteiger partial charge in [0.2, 0.25) is 5.88 Å². The number of hydrogen-bond donors (Lipinski definition) is 0. The average molecular weight is 214 g/mol. The molecule has 2 aromatic rings. The molecule has 0 aliphatic heterocycles. The van der Waals surface area contributed by atoms with E-state index >= 15 is 0 Å². The second-order valence-electron chi connectivity index (χ2n) is 3.23. The van der Waals surface area contributed by atoms with Crippen LogP contribution in [-0.4, -0.2) is 23.6 Å². The third kappa shape index (κ3) is 2.06. The van der Waals surface area contributed by atoms with Gasteiger partial charge in [0.25, 0.3) is 0 Å². The fourth-order valence-corrected chi connectivity index (χ4v) is 1.40. The summed E-state index contributed by atoms with van der Waals surface area (Å²) in [6.07, 6.45) is 2.45. The summed E-state index contributed by atoms with van der Waals surface area (Å²) < 4.78 is 4.99. The Bertz CT molecular complexity index is 512. The molecule has 0 amide bonds. The summed E-state index contributed by atoms with van der Waals surface area (Å²) in [5, 5.41) is 7.61. The first-order valence-electron chi connectivity index (χ1n) is 4.76. The molecule has 2 rings (SSSR count). The Kier molecular flexibility index (Phi) is 2.91. The minimum Gasteiger partial charge on any atom is -0.480 e. The van der Waals surface area contributed by atoms with E-state index in [4.69, 9.17) is 4.74 Å². The van der Waals surface area contributed by atoms with Crippen LogP contribution in [0.2, 0.25) is 0 Å². The van der Waals surface area contributed by atoms with E-state index in [2.05, 4.69) is 10.2 Å². The molecule has 1 heterocycles. The Hall–Kier alpha value is -2.23. The van der Waals surface area contributed by atoms with E-state index in [0.717, 1.165) is 17.4 Å². The standard InChI is InChI=1S/C12H10N2O2/c1-16-12-6-11(7-13-14-12)10-4-2-3-9(5-10)8-15/h2-8H,1H3. The lowest BCUT2D eigenvalue weighted by molar-refractivity contribution is 0.112. The molecule has 0 bridgehead atoms. The van der Waals surface area contributed by atoms with E-state index < -0.39 is 0 Å². The molecule has 0 saturated heterocycles. The van der Waals surface area contributed by atoms with Gasteiger partial charge in [0.15, 0.2) is 0 Å². The summed E-state index contributed by atoms with van der Waals surface area (Å²) in [7, 11) is 1.54. The first kappa shape index (κ1) is 10.3. The van der Waals surface area contributed by atoms with E-state index in [1.165, 1.54) is 7.11 Å². The van der Waals surface area contributed by atoms with Crippen molar-refractivity contribution in [2.75, 3.05) is 7.11 Å². The highest BCUT2D eigenvalue weighted by molar-refractivity contribution is 5.78. The van der Waals surface area contributed by atoms with Crippen molar-refractivity contribution in [1.29, 1.82) is 0 Å². The van der Waals surface area contributed by atoms with Crippen molar-refractivity contribution >= 4 is 6.29 Å². The molecule has 16 heavy (non-hydrogen) atoms. The molecule has 0 fully saturated rings. The number of aromatic nitrogens is 2. The van der Waals surface area contributed by atoms with Crippen LogP contribution < -0.4 is 4.74 Å². The van der Waals surface area contributed by atoms with Crippen LogP contribution in [-0.2, 0) is 0 Å². The number of aldehydes is 1. The summed E-state index contributed by atoms with van der Waals surface area (Å²) >= 11 is 0. The van der Waals surface area contributed by atoms with Gasteiger partial charge in [-0.05, 0) is 11.6 Å². The summed E-state index contributed by atoms with van der Waals surface area (Å²) in [5.41, 5.74) is 2.42. The lowest BCUT2D eigenvalue weighted by atomic mass is 10.1. The zero-order valence-corrected chi connectivity index (χ0v) is 8.75. The summed E-state index contributed by atoms with van der Waals surface area (Å²) in [6.45, 7) is 0. The minimum atomic E-state index is 0.453. The molecule has 0 aliphatic carbocycles. The number of carbonyl (C=O) groups excluding carboxylic acids is 1. The van der Waals surface area contributed by atoms with Gasteiger partial charge in [-0.15, -0.1) is 5.10 Å². The predicted molar refractivity (Wildman–Crippen MR) is 59.4 cm³/mol. The lowest BCUT2D eigenvalue weighted by Crippen LogP contribution is -1.91. The van der Waals surface area contributed by atoms with Gasteiger partial charge in [0.1, 0.15) is 6.29 Å². The fourth-order valence-electron chi connectivity index (χ4n) is 1.40. The first-order chi connectivity index (χ1) is 7.83. The van der Waals surface area contributed by atoms with E-state index in [1.54, 1.807) is 24.4 Å². The van der Waals surface area contributed by atoms with Crippen molar-refractivity contribution in [3.63, 3.8) is 0 Å². The molecule has 0 spiro atoms. The second kappa shape index (κ2) is 4.53. The highest BCUT2D eigenvalue weighted by Gasteiger charge is 2.02. The average Bonchev–Trinajstić information content (AvgIpc) is 2.39. The number of ether oxygens (including phenoxy) is 1. The number of hydrogen-bond acceptors (Lipinski definition) is 4. The first-order valence-corrected chi connectivity index (χ1v) is 4.76. The Morgan fingerprint density at radius 1 is 1.25 bits per heavy atom. The van der Waals surface area contributed by atoms with Crippen molar-refractivity contribution in [2.45, 2.75) is 0 Å². The zero-order chi connectivity index (χ0) is 11.4. The van der Waals surface area contributed by atoms with Crippen LogP contribution in [0.5, 0.6) is 5.88 Å². The van der Waals surface area contributed by atoms with Crippen LogP contribution in [0.15, 0.2) is 36.5 Å². The van der Waals surface area contributed by atoms with Gasteiger partial charge in [-0.2, -0.15) is 5.10 Å². The number of methoxy groups -OCH3 is 1. The van der Waals surface area contributed by atoms with E-state index in [-0.39, 0.29) is 0 Å². The molecule has 0 atom stereocenters. The Morgan fingerprint density at radius 2 is 2.12 bits per heavy atom. The number of nitrogens with zero attached hydrogens (tertiary/aromatic N) is 2. The van der Waals surface area contributed by atoms with Crippen molar-refractivity contribution in [2.24, 2.45) is 0 Å². The molecule has 1 aromatic heterocycles. The van der Waals surface area contributed by atoms with E-state index in [0.29, 0.717) is 11.4 Å². The maximum absolute atomic E-state index is 10.7. The number of rotatable bonds is 3. The molecule has 4 heteroatoms. The molecular formula is C12H10N2O2. The normalized spacial score (nSPS) is 9.81. The van der Waals surface area contributed by atoms with Crippen LogP contribution in [0.4, 0.5) is 0 Å². The Balaban J connectivity index is 2.45. The van der Waals surface area contributed by atoms with Crippen LogP contribution in [0.25, 0.3) is 11.1 Å². The molecular weight excluding hydrogens is 204 g/mol. The molecule has 1 aromatic carbocycles. The van der Waals surface area contributed by atoms with Crippen LogP contribution >= 0.6 is 0 Å². The quantitative estimate of drug-likeness (QED) is 0.733. The van der Waals surface area contributed by atoms with Gasteiger partial charge in [0, 0.05) is 17.2 Å². The largest absolute Gasteiger partial charge is 0.480 e. The summed E-state index contributed by atoms with van der Waals surface area (Å²) in [5.74, 6) is 0.453. The van der Waals surface area contributed by atoms with Crippen molar-refractivity contribution < 1.29 is 9.53 Å². The number of carbonyl (C=O) groups is 1. The number of benzene rings is 1.